The van der Waals surface area contributed by atoms with Crippen molar-refractivity contribution in [3.8, 4) is 11.3 Å². The predicted octanol–water partition coefficient (Wildman–Crippen LogP) is 2.46. The summed E-state index contributed by atoms with van der Waals surface area (Å²) in [5.41, 5.74) is 0.0800. The zero-order valence-electron chi connectivity index (χ0n) is 8.54. The molecule has 2 rings (SSSR count). The van der Waals surface area contributed by atoms with Crippen molar-refractivity contribution in [2.75, 3.05) is 12.4 Å². The average molecular weight is 221 g/mol. The molecule has 2 aromatic rings. The molecule has 1 aromatic heterocycles. The first-order valence-electron chi connectivity index (χ1n) is 4.67. The minimum absolute atomic E-state index is 0.0440. The number of nitrogens with zero attached hydrogens (tertiary/aromatic N) is 2. The summed E-state index contributed by atoms with van der Waals surface area (Å²) in [7, 11) is 1.61. The van der Waals surface area contributed by atoms with Crippen LogP contribution in [0.15, 0.2) is 30.5 Å². The van der Waals surface area contributed by atoms with E-state index >= 15 is 0 Å². The van der Waals surface area contributed by atoms with E-state index in [9.17, 15) is 8.78 Å². The van der Waals surface area contributed by atoms with Gasteiger partial charge in [0.25, 0.3) is 0 Å². The van der Waals surface area contributed by atoms with Crippen LogP contribution in [0.1, 0.15) is 0 Å². The number of aromatic nitrogens is 2. The summed E-state index contributed by atoms with van der Waals surface area (Å²) in [6.07, 6.45) is 1.01. The number of nitrogens with one attached hydrogen (secondary N) is 1. The Labute approximate surface area is 91.2 Å². The topological polar surface area (TPSA) is 37.8 Å². The fourth-order valence-corrected chi connectivity index (χ4v) is 1.33. The second kappa shape index (κ2) is 4.22. The fraction of sp³-hybridized carbons (Fsp3) is 0.0909. The highest BCUT2D eigenvalue weighted by Crippen LogP contribution is 2.23. The molecule has 0 bridgehead atoms. The summed E-state index contributed by atoms with van der Waals surface area (Å²) >= 11 is 0. The van der Waals surface area contributed by atoms with Crippen LogP contribution in [0.3, 0.4) is 0 Å². The summed E-state index contributed by atoms with van der Waals surface area (Å²) in [5, 5.41) is 2.67. The second-order valence-electron chi connectivity index (χ2n) is 3.12. The molecule has 0 saturated carbocycles. The van der Waals surface area contributed by atoms with Crippen LogP contribution in [0, 0.1) is 11.6 Å². The van der Waals surface area contributed by atoms with Crippen molar-refractivity contribution >= 4 is 5.95 Å². The monoisotopic (exact) mass is 221 g/mol. The fourth-order valence-electron chi connectivity index (χ4n) is 1.33. The van der Waals surface area contributed by atoms with Gasteiger partial charge in [0.2, 0.25) is 5.95 Å². The van der Waals surface area contributed by atoms with Gasteiger partial charge in [0.1, 0.15) is 11.5 Å². The van der Waals surface area contributed by atoms with Gasteiger partial charge in [-0.3, -0.25) is 0 Å². The highest BCUT2D eigenvalue weighted by atomic mass is 19.1. The lowest BCUT2D eigenvalue weighted by Gasteiger charge is -2.05. The smallest absolute Gasteiger partial charge is 0.223 e. The van der Waals surface area contributed by atoms with Crippen LogP contribution in [-0.4, -0.2) is 17.0 Å². The van der Waals surface area contributed by atoms with E-state index in [-0.39, 0.29) is 17.2 Å². The minimum Gasteiger partial charge on any atom is -0.357 e. The molecule has 0 aliphatic heterocycles. The molecule has 0 atom stereocenters. The van der Waals surface area contributed by atoms with Gasteiger partial charge >= 0.3 is 0 Å². The van der Waals surface area contributed by atoms with Crippen molar-refractivity contribution in [1.82, 2.24) is 9.97 Å². The Hall–Kier alpha value is -2.04. The van der Waals surface area contributed by atoms with E-state index in [1.807, 2.05) is 0 Å². The molecular formula is C11H9F2N3. The van der Waals surface area contributed by atoms with Crippen LogP contribution in [0.25, 0.3) is 11.3 Å². The van der Waals surface area contributed by atoms with Gasteiger partial charge in [0.05, 0.1) is 6.20 Å². The summed E-state index contributed by atoms with van der Waals surface area (Å²) in [4.78, 5) is 7.58. The van der Waals surface area contributed by atoms with E-state index in [0.29, 0.717) is 0 Å². The van der Waals surface area contributed by atoms with Crippen LogP contribution < -0.4 is 5.32 Å². The molecule has 82 valence electrons. The largest absolute Gasteiger partial charge is 0.357 e. The van der Waals surface area contributed by atoms with Gasteiger partial charge in [-0.1, -0.05) is 12.1 Å². The third-order valence-corrected chi connectivity index (χ3v) is 2.10. The Bertz CT molecular complexity index is 514. The molecule has 0 saturated heterocycles. The van der Waals surface area contributed by atoms with E-state index in [1.54, 1.807) is 13.1 Å². The summed E-state index contributed by atoms with van der Waals surface area (Å²) in [6.45, 7) is 0. The SMILES string of the molecule is CNc1ncc(F)c(-c2ccccc2F)n1. The van der Waals surface area contributed by atoms with Crippen molar-refractivity contribution < 1.29 is 8.78 Å². The third kappa shape index (κ3) is 1.84. The Morgan fingerprint density at radius 2 is 1.88 bits per heavy atom. The molecule has 3 nitrogen and oxygen atoms in total. The number of hydrogen-bond acceptors (Lipinski definition) is 3. The van der Waals surface area contributed by atoms with Gasteiger partial charge in [-0.05, 0) is 12.1 Å². The Morgan fingerprint density at radius 3 is 2.56 bits per heavy atom. The number of rotatable bonds is 2. The van der Waals surface area contributed by atoms with Gasteiger partial charge in [0.15, 0.2) is 5.82 Å². The number of hydrogen-bond donors (Lipinski definition) is 1. The molecule has 5 heteroatoms. The van der Waals surface area contributed by atoms with E-state index in [4.69, 9.17) is 0 Å². The second-order valence-corrected chi connectivity index (χ2v) is 3.12. The maximum atomic E-state index is 13.5. The van der Waals surface area contributed by atoms with Crippen LogP contribution >= 0.6 is 0 Å². The number of anilines is 1. The minimum atomic E-state index is -0.649. The Morgan fingerprint density at radius 1 is 1.12 bits per heavy atom. The van der Waals surface area contributed by atoms with Gasteiger partial charge in [0, 0.05) is 12.6 Å². The van der Waals surface area contributed by atoms with Gasteiger partial charge in [-0.15, -0.1) is 0 Å². The van der Waals surface area contributed by atoms with Gasteiger partial charge < -0.3 is 5.32 Å². The molecule has 0 amide bonds. The maximum Gasteiger partial charge on any atom is 0.223 e. The van der Waals surface area contributed by atoms with Crippen molar-refractivity contribution in [2.45, 2.75) is 0 Å². The normalized spacial score (nSPS) is 10.2. The zero-order valence-corrected chi connectivity index (χ0v) is 8.54. The lowest BCUT2D eigenvalue weighted by Crippen LogP contribution is -2.00. The van der Waals surface area contributed by atoms with Crippen molar-refractivity contribution in [1.29, 1.82) is 0 Å². The molecule has 0 fully saturated rings. The number of halogens is 2. The van der Waals surface area contributed by atoms with E-state index in [1.165, 1.54) is 18.2 Å². The maximum absolute atomic E-state index is 13.5. The van der Waals surface area contributed by atoms with E-state index in [0.717, 1.165) is 6.20 Å². The molecule has 0 radical (unpaired) electrons. The molecule has 0 aliphatic rings. The summed E-state index contributed by atoms with van der Waals surface area (Å²) in [5.74, 6) is -0.911. The Kier molecular flexibility index (Phi) is 2.76. The van der Waals surface area contributed by atoms with Crippen molar-refractivity contribution in [3.63, 3.8) is 0 Å². The molecule has 16 heavy (non-hydrogen) atoms. The molecule has 1 heterocycles. The standard InChI is InChI=1S/C11H9F2N3/c1-14-11-15-6-9(13)10(16-11)7-4-2-3-5-8(7)12/h2-6H,1H3,(H,14,15,16). The number of benzene rings is 1. The zero-order chi connectivity index (χ0) is 11.5. The van der Waals surface area contributed by atoms with E-state index < -0.39 is 11.6 Å². The van der Waals surface area contributed by atoms with Crippen molar-refractivity contribution in [3.05, 3.63) is 42.1 Å². The van der Waals surface area contributed by atoms with Crippen LogP contribution in [0.2, 0.25) is 0 Å². The first-order valence-corrected chi connectivity index (χ1v) is 4.67. The van der Waals surface area contributed by atoms with Crippen LogP contribution in [0.4, 0.5) is 14.7 Å². The predicted molar refractivity (Wildman–Crippen MR) is 56.9 cm³/mol. The summed E-state index contributed by atoms with van der Waals surface area (Å²) < 4.78 is 26.9. The highest BCUT2D eigenvalue weighted by molar-refractivity contribution is 5.61. The first kappa shape index (κ1) is 10.5. The highest BCUT2D eigenvalue weighted by Gasteiger charge is 2.12. The first-order chi connectivity index (χ1) is 7.72. The van der Waals surface area contributed by atoms with Gasteiger partial charge in [-0.2, -0.15) is 0 Å². The van der Waals surface area contributed by atoms with Gasteiger partial charge in [-0.25, -0.2) is 18.7 Å². The summed E-state index contributed by atoms with van der Waals surface area (Å²) in [6, 6.07) is 5.89. The molecular weight excluding hydrogens is 212 g/mol. The molecule has 0 unspecified atom stereocenters. The quantitative estimate of drug-likeness (QED) is 0.846. The average Bonchev–Trinajstić information content (AvgIpc) is 2.31. The lowest BCUT2D eigenvalue weighted by molar-refractivity contribution is 0.607. The molecule has 0 aliphatic carbocycles. The van der Waals surface area contributed by atoms with Crippen LogP contribution in [-0.2, 0) is 0 Å². The van der Waals surface area contributed by atoms with E-state index in [2.05, 4.69) is 15.3 Å². The lowest BCUT2D eigenvalue weighted by atomic mass is 10.1. The molecule has 1 N–H and O–H groups in total. The molecule has 0 spiro atoms. The third-order valence-electron chi connectivity index (χ3n) is 2.10. The molecule has 1 aromatic carbocycles. The van der Waals surface area contributed by atoms with Crippen molar-refractivity contribution in [2.24, 2.45) is 0 Å². The Balaban J connectivity index is 2.59. The van der Waals surface area contributed by atoms with Crippen LogP contribution in [0.5, 0.6) is 0 Å².